The smallest absolute Gasteiger partial charge is 0.323 e. The molecule has 24 heteroatoms. The minimum absolute atomic E-state index is 0.0515. The summed E-state index contributed by atoms with van der Waals surface area (Å²) >= 11 is 3.48. The number of aromatic amines is 1. The Balaban J connectivity index is 1.27. The van der Waals surface area contributed by atoms with Crippen LogP contribution in [-0.2, 0) is 89.0 Å². The second kappa shape index (κ2) is 33.0. The molecular weight excluding hydrogens is 1150 g/mol. The Kier molecular flexibility index (Phi) is 26.1. The number of carbonyl (C=O) groups excluding carboxylic acids is 4. The van der Waals surface area contributed by atoms with Gasteiger partial charge in [-0.25, -0.2) is 30.3 Å². The molecule has 0 saturated heterocycles. The molecule has 4 atom stereocenters. The molecule has 2 heterocycles. The van der Waals surface area contributed by atoms with E-state index < -0.39 is 74.4 Å². The maximum atomic E-state index is 15.5. The molecule has 0 saturated carbocycles. The van der Waals surface area contributed by atoms with E-state index in [9.17, 15) is 24.0 Å². The van der Waals surface area contributed by atoms with E-state index in [2.05, 4.69) is 51.2 Å². The molecule has 0 aliphatic heterocycles. The van der Waals surface area contributed by atoms with Crippen LogP contribution in [0.5, 0.6) is 0 Å². The van der Waals surface area contributed by atoms with Gasteiger partial charge in [-0.3, -0.25) is 33.1 Å². The van der Waals surface area contributed by atoms with Crippen molar-refractivity contribution in [2.45, 2.75) is 84.1 Å². The van der Waals surface area contributed by atoms with E-state index in [-0.39, 0.29) is 109 Å². The highest BCUT2D eigenvalue weighted by molar-refractivity contribution is 9.10. The van der Waals surface area contributed by atoms with Crippen molar-refractivity contribution in [1.82, 2.24) is 39.9 Å². The third kappa shape index (κ3) is 20.6. The molecule has 0 spiro atoms. The summed E-state index contributed by atoms with van der Waals surface area (Å²) in [5.74, 6) is -3.13. The maximum absolute atomic E-state index is 15.5. The average molecular weight is 1220 g/mol. The quantitative estimate of drug-likeness (QED) is 0.00873. The number of hydrogen-bond acceptors (Lipinski definition) is 15. The van der Waals surface area contributed by atoms with Crippen LogP contribution in [0.15, 0.2) is 137 Å². The van der Waals surface area contributed by atoms with E-state index in [0.717, 1.165) is 22.3 Å². The van der Waals surface area contributed by atoms with Crippen LogP contribution in [0, 0.1) is 5.92 Å². The molecule has 6 rings (SSSR count). The molecule has 81 heavy (non-hydrogen) atoms. The Morgan fingerprint density at radius 2 is 0.864 bits per heavy atom. The highest BCUT2D eigenvalue weighted by Crippen LogP contribution is 2.40. The van der Waals surface area contributed by atoms with Crippen LogP contribution < -0.4 is 25.9 Å². The second-order valence-electron chi connectivity index (χ2n) is 18.8. The third-order valence-corrected chi connectivity index (χ3v) is 17.8. The fourth-order valence-electron chi connectivity index (χ4n) is 8.82. The first-order chi connectivity index (χ1) is 39.1. The van der Waals surface area contributed by atoms with Crippen molar-refractivity contribution in [1.29, 1.82) is 0 Å². The predicted octanol–water partition coefficient (Wildman–Crippen LogP) is 6.97. The molecule has 0 fully saturated rings. The number of hydrogen-bond donors (Lipinski definition) is 5. The average Bonchev–Trinajstić information content (AvgIpc) is 3.85. The number of aromatic nitrogens is 4. The number of imidazole rings is 1. The number of esters is 4. The van der Waals surface area contributed by atoms with Crippen molar-refractivity contribution in [2.75, 3.05) is 65.2 Å². The summed E-state index contributed by atoms with van der Waals surface area (Å²) in [6, 6.07) is 32.3. The zero-order chi connectivity index (χ0) is 58.0. The van der Waals surface area contributed by atoms with Gasteiger partial charge in [-0.2, -0.15) is 0 Å². The largest absolute Gasteiger partial charge is 0.465 e. The Labute approximate surface area is 480 Å². The number of rotatable bonds is 36. The topological polar surface area (TPSA) is 269 Å². The van der Waals surface area contributed by atoms with Crippen molar-refractivity contribution in [2.24, 2.45) is 5.92 Å². The van der Waals surface area contributed by atoms with Gasteiger partial charge < -0.3 is 38.0 Å². The Morgan fingerprint density at radius 3 is 1.17 bits per heavy atom. The molecule has 21 nitrogen and oxygen atoms in total. The van der Waals surface area contributed by atoms with Gasteiger partial charge in [0.15, 0.2) is 15.9 Å². The van der Waals surface area contributed by atoms with Gasteiger partial charge >= 0.3 is 23.9 Å². The van der Waals surface area contributed by atoms with Crippen LogP contribution in [0.2, 0.25) is 0 Å². The molecule has 0 aliphatic rings. The summed E-state index contributed by atoms with van der Waals surface area (Å²) in [6.45, 7) is 6.64. The minimum atomic E-state index is -4.00. The molecule has 0 unspecified atom stereocenters. The van der Waals surface area contributed by atoms with Crippen LogP contribution in [0.1, 0.15) is 49.9 Å². The van der Waals surface area contributed by atoms with Gasteiger partial charge in [0.25, 0.3) is 5.56 Å². The zero-order valence-electron chi connectivity index (χ0n) is 46.0. The second-order valence-corrected chi connectivity index (χ2v) is 24.4. The first kappa shape index (κ1) is 64.0. The van der Waals surface area contributed by atoms with Gasteiger partial charge in [-0.1, -0.05) is 121 Å². The molecule has 6 aromatic rings. The van der Waals surface area contributed by atoms with Crippen molar-refractivity contribution in [3.63, 3.8) is 0 Å². The molecular formula is C57H73BrN8O13P2. The van der Waals surface area contributed by atoms with Gasteiger partial charge in [0.05, 0.1) is 71.5 Å². The van der Waals surface area contributed by atoms with Crippen molar-refractivity contribution in [3.8, 4) is 0 Å². The fourth-order valence-corrected chi connectivity index (χ4v) is 13.5. The van der Waals surface area contributed by atoms with E-state index in [1.807, 2.05) is 121 Å². The van der Waals surface area contributed by atoms with E-state index in [4.69, 9.17) is 28.4 Å². The molecule has 0 bridgehead atoms. The lowest BCUT2D eigenvalue weighted by Gasteiger charge is -2.30. The van der Waals surface area contributed by atoms with Crippen molar-refractivity contribution in [3.05, 3.63) is 165 Å². The van der Waals surface area contributed by atoms with Gasteiger partial charge in [0.1, 0.15) is 24.2 Å². The van der Waals surface area contributed by atoms with Gasteiger partial charge in [-0.05, 0) is 91.6 Å². The number of carbonyl (C=O) groups is 4. The predicted molar refractivity (Wildman–Crippen MR) is 311 cm³/mol. The van der Waals surface area contributed by atoms with Crippen molar-refractivity contribution < 1.29 is 56.7 Å². The maximum Gasteiger partial charge on any atom is 0.323 e. The number of benzene rings is 4. The lowest BCUT2D eigenvalue weighted by molar-refractivity contribution is -0.146. The first-order valence-corrected chi connectivity index (χ1v) is 31.6. The highest BCUT2D eigenvalue weighted by atomic mass is 79.9. The van der Waals surface area contributed by atoms with Gasteiger partial charge in [0.2, 0.25) is 14.9 Å². The first-order valence-electron chi connectivity index (χ1n) is 27.0. The summed E-state index contributed by atoms with van der Waals surface area (Å²) in [6.07, 6.45) is 1.28. The Morgan fingerprint density at radius 1 is 0.543 bits per heavy atom. The Hall–Kier alpha value is -6.19. The summed E-state index contributed by atoms with van der Waals surface area (Å²) in [7, 11) is -8.00. The monoisotopic (exact) mass is 1220 g/mol. The van der Waals surface area contributed by atoms with E-state index in [0.29, 0.717) is 4.73 Å². The van der Waals surface area contributed by atoms with Gasteiger partial charge in [0, 0.05) is 12.5 Å². The molecule has 0 aliphatic carbocycles. The number of H-pyrrole nitrogens is 1. The zero-order valence-corrected chi connectivity index (χ0v) is 49.4. The Bertz CT molecular complexity index is 2780. The van der Waals surface area contributed by atoms with Crippen LogP contribution in [-0.4, -0.2) is 133 Å². The fraction of sp³-hybridized carbons (Fsp3) is 0.421. The highest BCUT2D eigenvalue weighted by Gasteiger charge is 2.37. The summed E-state index contributed by atoms with van der Waals surface area (Å²) in [4.78, 5) is 78.7. The third-order valence-electron chi connectivity index (χ3n) is 12.6. The molecule has 0 amide bonds. The van der Waals surface area contributed by atoms with Crippen LogP contribution >= 0.6 is 30.8 Å². The number of nitrogens with zero attached hydrogens (tertiary/aromatic N) is 3. The van der Waals surface area contributed by atoms with Gasteiger partial charge in [-0.15, -0.1) is 0 Å². The SMILES string of the molecule is CCOC(=O)[C@H](Cc1ccccc1)NP(=O)(CCOCC(COCCP(=O)(N[C@@H](Cc1ccccc1)C(=O)OCC)N[C@@H](Cc1ccccc1)C(=O)OCC)Cn1c(Br)nc2c(=O)[nH]cnc21)N[C@@H](Cc1ccccc1)C(=O)OCC. The standard InChI is InChI=1S/C57H73BrN8O13P2/c1-5-76-53(68)46(33-41-21-13-9-14-22-41)62-80(72,63-47(54(69)77-6-2)34-42-23-15-10-16-24-42)31-29-74-38-45(37-66-51-50(61-57(66)58)52(67)60-40-59-51)39-75-30-32-81(73,64-48(55(70)78-7-3)35-43-25-17-11-18-26-43)65-49(56(71)79-8-4)36-44-27-19-12-20-28-44/h9-28,40,45-49H,5-8,29-39H2,1-4H3,(H,59,60,67)(H2,62,63,72)(H2,64,65,73)/t46-,47-,48-,49-/m0/s1. The normalized spacial score (nSPS) is 13.3. The van der Waals surface area contributed by atoms with E-state index >= 15 is 9.13 Å². The lowest BCUT2D eigenvalue weighted by Crippen LogP contribution is -2.46. The number of fused-ring (bicyclic) bond motifs is 1. The van der Waals surface area contributed by atoms with E-state index in [1.165, 1.54) is 6.33 Å². The molecule has 436 valence electrons. The summed E-state index contributed by atoms with van der Waals surface area (Å²) < 4.78 is 67.5. The summed E-state index contributed by atoms with van der Waals surface area (Å²) in [5, 5.41) is 12.3. The lowest BCUT2D eigenvalue weighted by atomic mass is 10.1. The minimum Gasteiger partial charge on any atom is -0.465 e. The van der Waals surface area contributed by atoms with Crippen LogP contribution in [0.4, 0.5) is 0 Å². The number of halogens is 1. The van der Waals surface area contributed by atoms with Crippen molar-refractivity contribution >= 4 is 65.9 Å². The molecule has 0 radical (unpaired) electrons. The molecule has 5 N–H and O–H groups in total. The summed E-state index contributed by atoms with van der Waals surface area (Å²) in [5.41, 5.74) is 2.98. The van der Waals surface area contributed by atoms with E-state index in [1.54, 1.807) is 32.3 Å². The molecule has 4 aromatic carbocycles. The number of nitrogens with one attached hydrogen (secondary N) is 5. The van der Waals surface area contributed by atoms with Crippen LogP contribution in [0.3, 0.4) is 0 Å². The molecule has 2 aromatic heterocycles. The number of ether oxygens (including phenoxy) is 6. The van der Waals surface area contributed by atoms with Crippen LogP contribution in [0.25, 0.3) is 11.2 Å².